The van der Waals surface area contributed by atoms with Gasteiger partial charge >= 0.3 is 12.4 Å². The normalized spacial score (nSPS) is 15.0. The number of nitrogens with two attached hydrogens (primary N) is 1. The van der Waals surface area contributed by atoms with Crippen LogP contribution in [-0.4, -0.2) is 28.2 Å². The number of aryl methyl sites for hydroxylation is 1. The monoisotopic (exact) mass is 289 g/mol. The fourth-order valence-corrected chi connectivity index (χ4v) is 1.75. The number of nitrogens with zero attached hydrogens (tertiary/aromatic N) is 2. The number of aromatic nitrogens is 2. The second kappa shape index (κ2) is 5.40. The summed E-state index contributed by atoms with van der Waals surface area (Å²) in [5.41, 5.74) is 5.34. The number of alkyl halides is 6. The van der Waals surface area contributed by atoms with Gasteiger partial charge in [-0.25, -0.2) is 0 Å². The molecule has 0 fully saturated rings. The van der Waals surface area contributed by atoms with Crippen LogP contribution in [0.1, 0.15) is 12.5 Å². The van der Waals surface area contributed by atoms with E-state index in [9.17, 15) is 26.3 Å². The Bertz CT molecular complexity index is 394. The molecule has 0 saturated carbocycles. The van der Waals surface area contributed by atoms with E-state index in [-0.39, 0.29) is 5.56 Å². The molecule has 1 aromatic rings. The Balaban J connectivity index is 2.86. The van der Waals surface area contributed by atoms with Crippen LogP contribution in [0.5, 0.6) is 0 Å². The van der Waals surface area contributed by atoms with Crippen LogP contribution in [0.4, 0.5) is 26.3 Å². The minimum absolute atomic E-state index is 0.243. The highest BCUT2D eigenvalue weighted by atomic mass is 19.4. The standard InChI is InChI=1S/C10H13F6N3/c1-2-19-5-6(4-18-19)3-7(17)8(9(11,12)13)10(14,15)16/h4-5,7-8H,2-3,17H2,1H3. The molecule has 0 aliphatic rings. The smallest absolute Gasteiger partial charge is 0.327 e. The Hall–Kier alpha value is -1.25. The predicted octanol–water partition coefficient (Wildman–Crippen LogP) is 2.51. The van der Waals surface area contributed by atoms with Crippen molar-refractivity contribution < 1.29 is 26.3 Å². The zero-order valence-corrected chi connectivity index (χ0v) is 9.96. The Labute approximate surface area is 105 Å². The van der Waals surface area contributed by atoms with Crippen molar-refractivity contribution in [1.82, 2.24) is 9.78 Å². The van der Waals surface area contributed by atoms with E-state index in [4.69, 9.17) is 5.73 Å². The van der Waals surface area contributed by atoms with Crippen molar-refractivity contribution >= 4 is 0 Å². The topological polar surface area (TPSA) is 43.8 Å². The molecule has 1 rings (SSSR count). The predicted molar refractivity (Wildman–Crippen MR) is 55.2 cm³/mol. The lowest BCUT2D eigenvalue weighted by molar-refractivity contribution is -0.289. The highest BCUT2D eigenvalue weighted by Gasteiger charge is 2.59. The third-order valence-corrected chi connectivity index (χ3v) is 2.62. The van der Waals surface area contributed by atoms with Crippen molar-refractivity contribution in [2.24, 2.45) is 11.7 Å². The molecule has 19 heavy (non-hydrogen) atoms. The van der Waals surface area contributed by atoms with E-state index in [0.29, 0.717) is 6.54 Å². The Morgan fingerprint density at radius 2 is 1.74 bits per heavy atom. The second-order valence-electron chi connectivity index (χ2n) is 4.13. The highest BCUT2D eigenvalue weighted by molar-refractivity contribution is 5.07. The number of halogens is 6. The Morgan fingerprint density at radius 1 is 1.21 bits per heavy atom. The van der Waals surface area contributed by atoms with Crippen LogP contribution >= 0.6 is 0 Å². The fraction of sp³-hybridized carbons (Fsp3) is 0.700. The molecule has 1 aromatic heterocycles. The van der Waals surface area contributed by atoms with Crippen LogP contribution in [0.15, 0.2) is 12.4 Å². The average Bonchev–Trinajstić information content (AvgIpc) is 2.60. The van der Waals surface area contributed by atoms with E-state index in [0.717, 1.165) is 0 Å². The molecule has 0 aromatic carbocycles. The molecule has 1 heterocycles. The first-order valence-corrected chi connectivity index (χ1v) is 5.46. The van der Waals surface area contributed by atoms with E-state index in [1.165, 1.54) is 17.1 Å². The molecule has 0 bridgehead atoms. The molecule has 0 spiro atoms. The van der Waals surface area contributed by atoms with Gasteiger partial charge in [-0.1, -0.05) is 0 Å². The highest BCUT2D eigenvalue weighted by Crippen LogP contribution is 2.41. The average molecular weight is 289 g/mol. The molecule has 0 aliphatic heterocycles. The first kappa shape index (κ1) is 15.8. The van der Waals surface area contributed by atoms with Crippen molar-refractivity contribution in [1.29, 1.82) is 0 Å². The summed E-state index contributed by atoms with van der Waals surface area (Å²) in [5.74, 6) is -3.54. The third kappa shape index (κ3) is 4.12. The maximum atomic E-state index is 12.4. The molecule has 9 heteroatoms. The van der Waals surface area contributed by atoms with Gasteiger partial charge in [0.25, 0.3) is 0 Å². The quantitative estimate of drug-likeness (QED) is 0.866. The van der Waals surface area contributed by atoms with Gasteiger partial charge in [-0.05, 0) is 18.9 Å². The molecule has 0 aliphatic carbocycles. The molecule has 0 radical (unpaired) electrons. The van der Waals surface area contributed by atoms with Crippen molar-refractivity contribution in [3.05, 3.63) is 18.0 Å². The summed E-state index contributed by atoms with van der Waals surface area (Å²) in [6.07, 6.45) is -8.78. The summed E-state index contributed by atoms with van der Waals surface area (Å²) in [4.78, 5) is 0. The molecule has 110 valence electrons. The van der Waals surface area contributed by atoms with Gasteiger partial charge in [0, 0.05) is 18.8 Å². The molecular formula is C10H13F6N3. The third-order valence-electron chi connectivity index (χ3n) is 2.62. The summed E-state index contributed by atoms with van der Waals surface area (Å²) in [5, 5.41) is 3.77. The van der Waals surface area contributed by atoms with Gasteiger partial charge in [0.1, 0.15) is 0 Å². The molecule has 2 N–H and O–H groups in total. The Morgan fingerprint density at radius 3 is 2.11 bits per heavy atom. The summed E-state index contributed by atoms with van der Waals surface area (Å²) in [6, 6.07) is -2.09. The number of hydrogen-bond acceptors (Lipinski definition) is 2. The van der Waals surface area contributed by atoms with Crippen molar-refractivity contribution in [3.63, 3.8) is 0 Å². The van der Waals surface area contributed by atoms with Gasteiger partial charge in [0.05, 0.1) is 6.20 Å². The molecule has 3 nitrogen and oxygen atoms in total. The van der Waals surface area contributed by atoms with E-state index in [1.54, 1.807) is 6.92 Å². The SMILES string of the molecule is CCn1cc(CC(N)C(C(F)(F)F)C(F)(F)F)cn1. The van der Waals surface area contributed by atoms with Gasteiger partial charge in [0.2, 0.25) is 0 Å². The maximum absolute atomic E-state index is 12.4. The summed E-state index contributed by atoms with van der Waals surface area (Å²) < 4.78 is 75.9. The Kier molecular flexibility index (Phi) is 4.49. The van der Waals surface area contributed by atoms with Crippen LogP contribution in [0.2, 0.25) is 0 Å². The van der Waals surface area contributed by atoms with Crippen LogP contribution in [0.3, 0.4) is 0 Å². The lowest BCUT2D eigenvalue weighted by Crippen LogP contribution is -2.49. The molecular weight excluding hydrogens is 276 g/mol. The largest absolute Gasteiger partial charge is 0.402 e. The van der Waals surface area contributed by atoms with E-state index in [2.05, 4.69) is 5.10 Å². The van der Waals surface area contributed by atoms with Crippen molar-refractivity contribution in [2.75, 3.05) is 0 Å². The summed E-state index contributed by atoms with van der Waals surface area (Å²) in [7, 11) is 0. The van der Waals surface area contributed by atoms with Crippen LogP contribution < -0.4 is 5.73 Å². The van der Waals surface area contributed by atoms with E-state index < -0.39 is 30.7 Å². The lowest BCUT2D eigenvalue weighted by Gasteiger charge is -2.27. The van der Waals surface area contributed by atoms with Gasteiger partial charge in [-0.2, -0.15) is 31.4 Å². The minimum Gasteiger partial charge on any atom is -0.327 e. The van der Waals surface area contributed by atoms with Crippen molar-refractivity contribution in [3.8, 4) is 0 Å². The van der Waals surface area contributed by atoms with Gasteiger partial charge in [-0.15, -0.1) is 0 Å². The second-order valence-corrected chi connectivity index (χ2v) is 4.13. The van der Waals surface area contributed by atoms with E-state index >= 15 is 0 Å². The zero-order valence-electron chi connectivity index (χ0n) is 9.96. The van der Waals surface area contributed by atoms with Gasteiger partial charge in [-0.3, -0.25) is 4.68 Å². The molecule has 1 unspecified atom stereocenters. The summed E-state index contributed by atoms with van der Waals surface area (Å²) in [6.45, 7) is 2.21. The number of hydrogen-bond donors (Lipinski definition) is 1. The van der Waals surface area contributed by atoms with Crippen LogP contribution in [-0.2, 0) is 13.0 Å². The van der Waals surface area contributed by atoms with E-state index in [1.807, 2.05) is 0 Å². The number of rotatable bonds is 4. The van der Waals surface area contributed by atoms with Gasteiger partial charge in [0.15, 0.2) is 5.92 Å². The van der Waals surface area contributed by atoms with Crippen LogP contribution in [0.25, 0.3) is 0 Å². The first-order chi connectivity index (χ1) is 8.55. The molecule has 1 atom stereocenters. The zero-order chi connectivity index (χ0) is 14.8. The minimum atomic E-state index is -5.42. The van der Waals surface area contributed by atoms with Crippen molar-refractivity contribution in [2.45, 2.75) is 38.3 Å². The first-order valence-electron chi connectivity index (χ1n) is 5.46. The van der Waals surface area contributed by atoms with Gasteiger partial charge < -0.3 is 5.73 Å². The maximum Gasteiger partial charge on any atom is 0.402 e. The molecule has 0 saturated heterocycles. The lowest BCUT2D eigenvalue weighted by atomic mass is 9.94. The van der Waals surface area contributed by atoms with Crippen LogP contribution in [0, 0.1) is 5.92 Å². The summed E-state index contributed by atoms with van der Waals surface area (Å²) >= 11 is 0. The fourth-order valence-electron chi connectivity index (χ4n) is 1.75. The molecule has 0 amide bonds.